The van der Waals surface area contributed by atoms with Crippen LogP contribution in [0, 0.1) is 0 Å². The molecule has 0 unspecified atom stereocenters. The van der Waals surface area contributed by atoms with Gasteiger partial charge in [-0.3, -0.25) is 0 Å². The lowest BCUT2D eigenvalue weighted by atomic mass is 10.1. The summed E-state index contributed by atoms with van der Waals surface area (Å²) in [4.78, 5) is 21.7. The molecule has 2 aliphatic rings. The van der Waals surface area contributed by atoms with Crippen LogP contribution in [-0.4, -0.2) is 55.0 Å². The van der Waals surface area contributed by atoms with Crippen LogP contribution < -0.4 is 14.8 Å². The molecule has 7 heteroatoms. The SMILES string of the molecule is COc1ccc(NC(=O)N2CCN(C3=Nc4ccccc4Oc4ccccc43)CC2)cc1. The molecule has 2 heterocycles. The first-order valence-corrected chi connectivity index (χ1v) is 10.6. The Hall–Kier alpha value is -4.00. The van der Waals surface area contributed by atoms with Crippen molar-refractivity contribution in [2.45, 2.75) is 0 Å². The van der Waals surface area contributed by atoms with Crippen molar-refractivity contribution in [3.63, 3.8) is 0 Å². The second-order valence-electron chi connectivity index (χ2n) is 7.63. The third-order valence-corrected chi connectivity index (χ3v) is 5.65. The number of amides is 2. The molecule has 0 spiro atoms. The maximum absolute atomic E-state index is 12.7. The van der Waals surface area contributed by atoms with E-state index in [4.69, 9.17) is 14.5 Å². The Balaban J connectivity index is 1.31. The first-order valence-electron chi connectivity index (χ1n) is 10.6. The van der Waals surface area contributed by atoms with Crippen LogP contribution in [0.3, 0.4) is 0 Å². The van der Waals surface area contributed by atoms with Crippen LogP contribution in [0.1, 0.15) is 5.56 Å². The van der Waals surface area contributed by atoms with E-state index in [2.05, 4.69) is 10.2 Å². The maximum Gasteiger partial charge on any atom is 0.321 e. The van der Waals surface area contributed by atoms with Gasteiger partial charge >= 0.3 is 6.03 Å². The summed E-state index contributed by atoms with van der Waals surface area (Å²) in [6, 6.07) is 23.0. The van der Waals surface area contributed by atoms with E-state index >= 15 is 0 Å². The first kappa shape index (κ1) is 19.9. The van der Waals surface area contributed by atoms with Crippen LogP contribution in [0.5, 0.6) is 17.2 Å². The van der Waals surface area contributed by atoms with Gasteiger partial charge in [-0.2, -0.15) is 0 Å². The summed E-state index contributed by atoms with van der Waals surface area (Å²) in [7, 11) is 1.62. The number of urea groups is 1. The van der Waals surface area contributed by atoms with Gasteiger partial charge in [-0.15, -0.1) is 0 Å². The van der Waals surface area contributed by atoms with Gasteiger partial charge < -0.3 is 24.6 Å². The van der Waals surface area contributed by atoms with E-state index in [-0.39, 0.29) is 6.03 Å². The number of piperazine rings is 1. The number of carbonyl (C=O) groups is 1. The van der Waals surface area contributed by atoms with E-state index in [1.54, 1.807) is 7.11 Å². The zero-order valence-corrected chi connectivity index (χ0v) is 17.8. The minimum atomic E-state index is -0.105. The minimum absolute atomic E-state index is 0.105. The molecule has 1 N–H and O–H groups in total. The number of hydrogen-bond donors (Lipinski definition) is 1. The first-order chi connectivity index (χ1) is 15.7. The highest BCUT2D eigenvalue weighted by Crippen LogP contribution is 2.37. The molecule has 2 amide bonds. The summed E-state index contributed by atoms with van der Waals surface area (Å²) in [6.45, 7) is 2.58. The van der Waals surface area contributed by atoms with Crippen molar-refractivity contribution in [1.29, 1.82) is 0 Å². The molecule has 1 saturated heterocycles. The van der Waals surface area contributed by atoms with Gasteiger partial charge in [0.25, 0.3) is 0 Å². The zero-order chi connectivity index (χ0) is 21.9. The Morgan fingerprint density at radius 1 is 0.906 bits per heavy atom. The van der Waals surface area contributed by atoms with Gasteiger partial charge in [0.05, 0.1) is 12.7 Å². The smallest absolute Gasteiger partial charge is 0.321 e. The molecule has 2 aliphatic heterocycles. The Labute approximate surface area is 186 Å². The third kappa shape index (κ3) is 3.97. The van der Waals surface area contributed by atoms with Crippen LogP contribution in [0.15, 0.2) is 77.8 Å². The minimum Gasteiger partial charge on any atom is -0.497 e. The van der Waals surface area contributed by atoms with Crippen LogP contribution in [0.2, 0.25) is 0 Å². The summed E-state index contributed by atoms with van der Waals surface area (Å²) in [5.41, 5.74) is 2.51. The lowest BCUT2D eigenvalue weighted by Crippen LogP contribution is -2.51. The molecular weight excluding hydrogens is 404 g/mol. The number of benzene rings is 3. The van der Waals surface area contributed by atoms with Crippen LogP contribution >= 0.6 is 0 Å². The van der Waals surface area contributed by atoms with Crippen molar-refractivity contribution in [3.8, 4) is 17.2 Å². The van der Waals surface area contributed by atoms with E-state index in [0.717, 1.165) is 40.0 Å². The Kier molecular flexibility index (Phi) is 5.37. The fourth-order valence-corrected chi connectivity index (χ4v) is 3.91. The van der Waals surface area contributed by atoms with Crippen molar-refractivity contribution in [2.75, 3.05) is 38.6 Å². The van der Waals surface area contributed by atoms with Crippen LogP contribution in [0.25, 0.3) is 0 Å². The number of fused-ring (bicyclic) bond motifs is 2. The van der Waals surface area contributed by atoms with Crippen LogP contribution in [0.4, 0.5) is 16.2 Å². The zero-order valence-electron chi connectivity index (χ0n) is 17.8. The maximum atomic E-state index is 12.7. The number of methoxy groups -OCH3 is 1. The average molecular weight is 428 g/mol. The average Bonchev–Trinajstić information content (AvgIpc) is 3.01. The standard InChI is InChI=1S/C25H24N4O3/c1-31-19-12-10-18(11-13-19)26-25(30)29-16-14-28(15-17-29)24-20-6-2-4-8-22(20)32-23-9-5-3-7-21(23)27-24/h2-13H,14-17H2,1H3,(H,26,30). The topological polar surface area (TPSA) is 66.4 Å². The van der Waals surface area contributed by atoms with Gasteiger partial charge in [0.1, 0.15) is 23.0 Å². The van der Waals surface area contributed by atoms with Gasteiger partial charge in [-0.05, 0) is 48.5 Å². The molecular formula is C25H24N4O3. The van der Waals surface area contributed by atoms with Gasteiger partial charge in [-0.25, -0.2) is 9.79 Å². The molecule has 7 nitrogen and oxygen atoms in total. The van der Waals surface area contributed by atoms with E-state index in [9.17, 15) is 4.79 Å². The van der Waals surface area contributed by atoms with Gasteiger partial charge in [0.2, 0.25) is 0 Å². The summed E-state index contributed by atoms with van der Waals surface area (Å²) in [5.74, 6) is 3.16. The number of ether oxygens (including phenoxy) is 2. The van der Waals surface area contributed by atoms with Crippen molar-refractivity contribution >= 4 is 23.2 Å². The van der Waals surface area contributed by atoms with E-state index in [1.807, 2.05) is 77.7 Å². The lowest BCUT2D eigenvalue weighted by Gasteiger charge is -2.36. The number of amidine groups is 1. The molecule has 5 rings (SSSR count). The highest BCUT2D eigenvalue weighted by molar-refractivity contribution is 6.04. The molecule has 0 bridgehead atoms. The largest absolute Gasteiger partial charge is 0.497 e. The number of nitrogens with zero attached hydrogens (tertiary/aromatic N) is 3. The van der Waals surface area contributed by atoms with Crippen molar-refractivity contribution in [1.82, 2.24) is 9.80 Å². The van der Waals surface area contributed by atoms with Crippen molar-refractivity contribution in [2.24, 2.45) is 4.99 Å². The number of aliphatic imine (C=N–C) groups is 1. The summed E-state index contributed by atoms with van der Waals surface area (Å²) in [6.07, 6.45) is 0. The Bertz CT molecular complexity index is 1150. The number of para-hydroxylation sites is 3. The molecule has 3 aromatic carbocycles. The highest BCUT2D eigenvalue weighted by Gasteiger charge is 2.27. The second-order valence-corrected chi connectivity index (χ2v) is 7.63. The van der Waals surface area contributed by atoms with Crippen LogP contribution in [-0.2, 0) is 0 Å². The van der Waals surface area contributed by atoms with E-state index in [1.165, 1.54) is 0 Å². The predicted octanol–water partition coefficient (Wildman–Crippen LogP) is 4.73. The number of carbonyl (C=O) groups excluding carboxylic acids is 1. The Morgan fingerprint density at radius 3 is 2.34 bits per heavy atom. The molecule has 3 aromatic rings. The summed E-state index contributed by atoms with van der Waals surface area (Å²) in [5, 5.41) is 2.96. The molecule has 32 heavy (non-hydrogen) atoms. The molecule has 0 aromatic heterocycles. The summed E-state index contributed by atoms with van der Waals surface area (Å²) >= 11 is 0. The van der Waals surface area contributed by atoms with E-state index < -0.39 is 0 Å². The fourth-order valence-electron chi connectivity index (χ4n) is 3.91. The normalized spacial score (nSPS) is 15.0. The molecule has 0 aliphatic carbocycles. The molecule has 0 radical (unpaired) electrons. The van der Waals surface area contributed by atoms with Gasteiger partial charge in [0.15, 0.2) is 5.75 Å². The third-order valence-electron chi connectivity index (χ3n) is 5.65. The second kappa shape index (κ2) is 8.63. The number of nitrogens with one attached hydrogen (secondary N) is 1. The number of anilines is 1. The van der Waals surface area contributed by atoms with Gasteiger partial charge in [-0.1, -0.05) is 24.3 Å². The van der Waals surface area contributed by atoms with E-state index in [0.29, 0.717) is 26.2 Å². The van der Waals surface area contributed by atoms with Crippen molar-refractivity contribution < 1.29 is 14.3 Å². The number of hydrogen-bond acceptors (Lipinski definition) is 5. The predicted molar refractivity (Wildman–Crippen MR) is 124 cm³/mol. The molecule has 1 fully saturated rings. The number of rotatable bonds is 2. The molecule has 0 saturated carbocycles. The Morgan fingerprint density at radius 2 is 1.59 bits per heavy atom. The highest BCUT2D eigenvalue weighted by atomic mass is 16.5. The van der Waals surface area contributed by atoms with Gasteiger partial charge in [0, 0.05) is 31.9 Å². The molecule has 162 valence electrons. The summed E-state index contributed by atoms with van der Waals surface area (Å²) < 4.78 is 11.3. The van der Waals surface area contributed by atoms with Crippen molar-refractivity contribution in [3.05, 3.63) is 78.4 Å². The molecule has 0 atom stereocenters. The fraction of sp³-hybridized carbons (Fsp3) is 0.200. The lowest BCUT2D eigenvalue weighted by molar-refractivity contribution is 0.181. The monoisotopic (exact) mass is 428 g/mol. The quantitative estimate of drug-likeness (QED) is 0.641.